The van der Waals surface area contributed by atoms with E-state index < -0.39 is 0 Å². The van der Waals surface area contributed by atoms with Crippen molar-refractivity contribution in [1.82, 2.24) is 5.32 Å². The summed E-state index contributed by atoms with van der Waals surface area (Å²) in [7, 11) is 1.58. The molecular weight excluding hydrogens is 250 g/mol. The third kappa shape index (κ3) is 4.07. The van der Waals surface area contributed by atoms with Crippen LogP contribution in [-0.2, 0) is 6.54 Å². The Kier molecular flexibility index (Phi) is 6.30. The zero-order valence-electron chi connectivity index (χ0n) is 10.8. The summed E-state index contributed by atoms with van der Waals surface area (Å²) in [5, 5.41) is 13.1. The molecule has 1 aliphatic carbocycles. The minimum atomic E-state index is 0. The number of ether oxygens (including phenoxy) is 1. The van der Waals surface area contributed by atoms with Gasteiger partial charge < -0.3 is 15.2 Å². The molecule has 18 heavy (non-hydrogen) atoms. The van der Waals surface area contributed by atoms with Crippen LogP contribution in [0.3, 0.4) is 0 Å². The number of benzene rings is 1. The second-order valence-corrected chi connectivity index (χ2v) is 4.72. The lowest BCUT2D eigenvalue weighted by atomic mass is 9.95. The van der Waals surface area contributed by atoms with Crippen LogP contribution >= 0.6 is 12.4 Å². The highest BCUT2D eigenvalue weighted by Crippen LogP contribution is 2.26. The first kappa shape index (κ1) is 15.1. The summed E-state index contributed by atoms with van der Waals surface area (Å²) in [5.74, 6) is 0.752. The summed E-state index contributed by atoms with van der Waals surface area (Å²) in [6.07, 6.45) is 6.64. The molecule has 102 valence electrons. The molecule has 1 aromatic rings. The fourth-order valence-electron chi connectivity index (χ4n) is 2.40. The second kappa shape index (κ2) is 7.49. The van der Waals surface area contributed by atoms with E-state index in [1.165, 1.54) is 32.1 Å². The molecule has 0 heterocycles. The summed E-state index contributed by atoms with van der Waals surface area (Å²) >= 11 is 0. The van der Waals surface area contributed by atoms with Gasteiger partial charge in [0.1, 0.15) is 0 Å². The second-order valence-electron chi connectivity index (χ2n) is 4.72. The summed E-state index contributed by atoms with van der Waals surface area (Å²) < 4.78 is 5.10. The van der Waals surface area contributed by atoms with E-state index in [2.05, 4.69) is 5.32 Å². The number of rotatable bonds is 4. The van der Waals surface area contributed by atoms with Crippen molar-refractivity contribution < 1.29 is 9.84 Å². The number of phenolic OH excluding ortho intramolecular Hbond substituents is 1. The first-order valence-electron chi connectivity index (χ1n) is 6.39. The molecule has 0 amide bonds. The minimum Gasteiger partial charge on any atom is -0.504 e. The van der Waals surface area contributed by atoms with Gasteiger partial charge in [0, 0.05) is 12.6 Å². The SMILES string of the molecule is COc1cc(CNC2CCCCC2)ccc1O.Cl. The molecule has 4 heteroatoms. The van der Waals surface area contributed by atoms with Gasteiger partial charge in [0.15, 0.2) is 11.5 Å². The van der Waals surface area contributed by atoms with Crippen molar-refractivity contribution in [3.05, 3.63) is 23.8 Å². The predicted molar refractivity (Wildman–Crippen MR) is 75.6 cm³/mol. The summed E-state index contributed by atoms with van der Waals surface area (Å²) in [6, 6.07) is 6.18. The number of hydrogen-bond donors (Lipinski definition) is 2. The zero-order valence-corrected chi connectivity index (χ0v) is 11.6. The average molecular weight is 272 g/mol. The molecule has 0 saturated heterocycles. The number of methoxy groups -OCH3 is 1. The maximum Gasteiger partial charge on any atom is 0.160 e. The first-order chi connectivity index (χ1) is 8.29. The molecule has 0 bridgehead atoms. The molecular formula is C14H22ClNO2. The number of hydrogen-bond acceptors (Lipinski definition) is 3. The average Bonchev–Trinajstić information content (AvgIpc) is 2.39. The summed E-state index contributed by atoms with van der Waals surface area (Å²) in [5.41, 5.74) is 1.16. The molecule has 1 fully saturated rings. The van der Waals surface area contributed by atoms with Crippen molar-refractivity contribution in [1.29, 1.82) is 0 Å². The number of halogens is 1. The Bertz CT molecular complexity index is 365. The topological polar surface area (TPSA) is 41.5 Å². The maximum atomic E-state index is 9.51. The van der Waals surface area contributed by atoms with Crippen molar-refractivity contribution in [3.63, 3.8) is 0 Å². The van der Waals surface area contributed by atoms with Crippen LogP contribution in [0.15, 0.2) is 18.2 Å². The molecule has 0 unspecified atom stereocenters. The van der Waals surface area contributed by atoms with Crippen molar-refractivity contribution in [2.45, 2.75) is 44.7 Å². The van der Waals surface area contributed by atoms with Gasteiger partial charge in [-0.1, -0.05) is 25.3 Å². The van der Waals surface area contributed by atoms with Gasteiger partial charge >= 0.3 is 0 Å². The molecule has 2 rings (SSSR count). The van der Waals surface area contributed by atoms with Crippen molar-refractivity contribution in [2.24, 2.45) is 0 Å². The Hall–Kier alpha value is -0.930. The van der Waals surface area contributed by atoms with E-state index in [-0.39, 0.29) is 18.2 Å². The predicted octanol–water partition coefficient (Wildman–Crippen LogP) is 3.24. The molecule has 0 atom stereocenters. The molecule has 0 aliphatic heterocycles. The molecule has 0 radical (unpaired) electrons. The van der Waals surface area contributed by atoms with Gasteiger partial charge in [-0.05, 0) is 30.5 Å². The molecule has 3 nitrogen and oxygen atoms in total. The molecule has 0 spiro atoms. The summed E-state index contributed by atoms with van der Waals surface area (Å²) in [6.45, 7) is 0.849. The van der Waals surface area contributed by atoms with Gasteiger partial charge in [-0.25, -0.2) is 0 Å². The van der Waals surface area contributed by atoms with Crippen molar-refractivity contribution in [2.75, 3.05) is 7.11 Å². The van der Waals surface area contributed by atoms with Crippen molar-refractivity contribution >= 4 is 12.4 Å². The van der Waals surface area contributed by atoms with Crippen LogP contribution in [-0.4, -0.2) is 18.3 Å². The number of aromatic hydroxyl groups is 1. The van der Waals surface area contributed by atoms with Crippen LogP contribution in [0, 0.1) is 0 Å². The van der Waals surface area contributed by atoms with E-state index in [0.29, 0.717) is 11.8 Å². The molecule has 0 aromatic heterocycles. The lowest BCUT2D eigenvalue weighted by Crippen LogP contribution is -2.30. The fourth-order valence-corrected chi connectivity index (χ4v) is 2.40. The van der Waals surface area contributed by atoms with Gasteiger partial charge in [0.05, 0.1) is 7.11 Å². The highest BCUT2D eigenvalue weighted by molar-refractivity contribution is 5.85. The maximum absolute atomic E-state index is 9.51. The highest BCUT2D eigenvalue weighted by Gasteiger charge is 2.12. The third-order valence-electron chi connectivity index (χ3n) is 3.44. The Morgan fingerprint density at radius 2 is 2.00 bits per heavy atom. The van der Waals surface area contributed by atoms with Gasteiger partial charge in [0.25, 0.3) is 0 Å². The molecule has 1 aliphatic rings. The van der Waals surface area contributed by atoms with E-state index in [0.717, 1.165) is 12.1 Å². The normalized spacial score (nSPS) is 16.1. The van der Waals surface area contributed by atoms with Gasteiger partial charge in [-0.2, -0.15) is 0 Å². The quantitative estimate of drug-likeness (QED) is 0.883. The lowest BCUT2D eigenvalue weighted by Gasteiger charge is -2.23. The monoisotopic (exact) mass is 271 g/mol. The Balaban J connectivity index is 0.00000162. The Morgan fingerprint density at radius 3 is 2.67 bits per heavy atom. The fraction of sp³-hybridized carbons (Fsp3) is 0.571. The van der Waals surface area contributed by atoms with Gasteiger partial charge in [-0.15, -0.1) is 12.4 Å². The smallest absolute Gasteiger partial charge is 0.160 e. The highest BCUT2D eigenvalue weighted by atomic mass is 35.5. The van der Waals surface area contributed by atoms with Crippen LogP contribution in [0.2, 0.25) is 0 Å². The van der Waals surface area contributed by atoms with Crippen LogP contribution < -0.4 is 10.1 Å². The van der Waals surface area contributed by atoms with Crippen LogP contribution in [0.1, 0.15) is 37.7 Å². The Labute approximate surface area is 115 Å². The number of phenols is 1. The van der Waals surface area contributed by atoms with E-state index in [1.54, 1.807) is 13.2 Å². The van der Waals surface area contributed by atoms with Crippen LogP contribution in [0.4, 0.5) is 0 Å². The Morgan fingerprint density at radius 1 is 1.28 bits per heavy atom. The van der Waals surface area contributed by atoms with Crippen LogP contribution in [0.5, 0.6) is 11.5 Å². The van der Waals surface area contributed by atoms with E-state index >= 15 is 0 Å². The van der Waals surface area contributed by atoms with E-state index in [9.17, 15) is 5.11 Å². The minimum absolute atomic E-state index is 0. The largest absolute Gasteiger partial charge is 0.504 e. The first-order valence-corrected chi connectivity index (χ1v) is 6.39. The van der Waals surface area contributed by atoms with Gasteiger partial charge in [0.2, 0.25) is 0 Å². The van der Waals surface area contributed by atoms with Gasteiger partial charge in [-0.3, -0.25) is 0 Å². The van der Waals surface area contributed by atoms with Crippen LogP contribution in [0.25, 0.3) is 0 Å². The molecule has 1 saturated carbocycles. The van der Waals surface area contributed by atoms with Crippen molar-refractivity contribution in [3.8, 4) is 11.5 Å². The van der Waals surface area contributed by atoms with E-state index in [1.807, 2.05) is 12.1 Å². The standard InChI is InChI=1S/C14H21NO2.ClH/c1-17-14-9-11(7-8-13(14)16)10-15-12-5-3-2-4-6-12;/h7-9,12,15-16H,2-6,10H2,1H3;1H. The van der Waals surface area contributed by atoms with E-state index in [4.69, 9.17) is 4.74 Å². The molecule has 1 aromatic carbocycles. The zero-order chi connectivity index (χ0) is 12.1. The summed E-state index contributed by atoms with van der Waals surface area (Å²) in [4.78, 5) is 0. The lowest BCUT2D eigenvalue weighted by molar-refractivity contribution is 0.366. The third-order valence-corrected chi connectivity index (χ3v) is 3.44. The molecule has 2 N–H and O–H groups in total. The number of nitrogens with one attached hydrogen (secondary N) is 1.